The Morgan fingerprint density at radius 2 is 1.94 bits per heavy atom. The molecule has 18 heavy (non-hydrogen) atoms. The maximum atomic E-state index is 11.8. The lowest BCUT2D eigenvalue weighted by atomic mass is 10.1. The smallest absolute Gasteiger partial charge is 0.303 e. The van der Waals surface area contributed by atoms with Gasteiger partial charge in [-0.25, -0.2) is 0 Å². The van der Waals surface area contributed by atoms with E-state index in [1.807, 2.05) is 12.1 Å². The number of hydrogen-bond acceptors (Lipinski definition) is 3. The number of carboxylic acid groups (broad SMARTS) is 1. The number of carbonyl (C=O) groups is 2. The summed E-state index contributed by atoms with van der Waals surface area (Å²) in [7, 11) is 1.71. The van der Waals surface area contributed by atoms with Crippen LogP contribution in [-0.2, 0) is 16.0 Å². The Balaban J connectivity index is 2.25. The molecule has 0 aliphatic carbocycles. The Morgan fingerprint density at radius 3 is 2.56 bits per heavy atom. The van der Waals surface area contributed by atoms with Gasteiger partial charge in [-0.1, -0.05) is 0 Å². The van der Waals surface area contributed by atoms with Crippen molar-refractivity contribution in [1.82, 2.24) is 9.88 Å². The van der Waals surface area contributed by atoms with Crippen LogP contribution in [0.2, 0.25) is 0 Å². The molecule has 0 saturated heterocycles. The minimum atomic E-state index is -0.826. The standard InChI is InChI=1S/C13H18N2O3/c1-15(10-2-3-13(17)18)12(16)5-4-11-6-8-14-9-7-11/h6-9H,2-5,10H2,1H3,(H,17,18). The van der Waals surface area contributed by atoms with Crippen molar-refractivity contribution < 1.29 is 14.7 Å². The quantitative estimate of drug-likeness (QED) is 0.792. The van der Waals surface area contributed by atoms with E-state index >= 15 is 0 Å². The first-order valence-corrected chi connectivity index (χ1v) is 5.94. The van der Waals surface area contributed by atoms with Crippen LogP contribution in [0.3, 0.4) is 0 Å². The van der Waals surface area contributed by atoms with Crippen molar-refractivity contribution in [1.29, 1.82) is 0 Å². The van der Waals surface area contributed by atoms with Crippen molar-refractivity contribution in [3.8, 4) is 0 Å². The van der Waals surface area contributed by atoms with Gasteiger partial charge in [-0.2, -0.15) is 0 Å². The Bertz CT molecular complexity index is 392. The summed E-state index contributed by atoms with van der Waals surface area (Å²) < 4.78 is 0. The minimum absolute atomic E-state index is 0.0391. The molecule has 0 unspecified atom stereocenters. The number of pyridine rings is 1. The summed E-state index contributed by atoms with van der Waals surface area (Å²) in [4.78, 5) is 27.6. The molecule has 0 spiro atoms. The second-order valence-corrected chi connectivity index (χ2v) is 4.17. The van der Waals surface area contributed by atoms with Crippen LogP contribution in [-0.4, -0.2) is 40.5 Å². The Morgan fingerprint density at radius 1 is 1.28 bits per heavy atom. The van der Waals surface area contributed by atoms with Crippen LogP contribution in [0.5, 0.6) is 0 Å². The number of carboxylic acids is 1. The van der Waals surface area contributed by atoms with Gasteiger partial charge in [0.25, 0.3) is 0 Å². The van der Waals surface area contributed by atoms with Crippen LogP contribution in [0.15, 0.2) is 24.5 Å². The largest absolute Gasteiger partial charge is 0.481 e. The van der Waals surface area contributed by atoms with E-state index < -0.39 is 5.97 Å². The molecule has 0 aromatic carbocycles. The molecule has 0 aliphatic heterocycles. The van der Waals surface area contributed by atoms with Gasteiger partial charge in [0.15, 0.2) is 0 Å². The van der Waals surface area contributed by atoms with E-state index in [1.165, 1.54) is 0 Å². The zero-order chi connectivity index (χ0) is 13.4. The van der Waals surface area contributed by atoms with E-state index in [4.69, 9.17) is 5.11 Å². The van der Waals surface area contributed by atoms with E-state index in [2.05, 4.69) is 4.98 Å². The van der Waals surface area contributed by atoms with Crippen molar-refractivity contribution in [3.63, 3.8) is 0 Å². The maximum absolute atomic E-state index is 11.8. The molecule has 98 valence electrons. The highest BCUT2D eigenvalue weighted by molar-refractivity contribution is 5.76. The van der Waals surface area contributed by atoms with Crippen molar-refractivity contribution in [2.45, 2.75) is 25.7 Å². The van der Waals surface area contributed by atoms with Gasteiger partial charge in [0.1, 0.15) is 0 Å². The average Bonchev–Trinajstić information content (AvgIpc) is 2.36. The topological polar surface area (TPSA) is 70.5 Å². The highest BCUT2D eigenvalue weighted by Gasteiger charge is 2.09. The van der Waals surface area contributed by atoms with Crippen molar-refractivity contribution in [2.75, 3.05) is 13.6 Å². The molecule has 1 N–H and O–H groups in total. The van der Waals surface area contributed by atoms with Gasteiger partial charge in [-0.3, -0.25) is 14.6 Å². The summed E-state index contributed by atoms with van der Waals surface area (Å²) >= 11 is 0. The molecule has 0 aliphatic rings. The van der Waals surface area contributed by atoms with Crippen LogP contribution in [0.4, 0.5) is 0 Å². The lowest BCUT2D eigenvalue weighted by Crippen LogP contribution is -2.28. The second-order valence-electron chi connectivity index (χ2n) is 4.17. The number of aliphatic carboxylic acids is 1. The molecule has 1 rings (SSSR count). The molecule has 1 aromatic rings. The molecule has 5 heteroatoms. The molecule has 0 bridgehead atoms. The maximum Gasteiger partial charge on any atom is 0.303 e. The number of aryl methyl sites for hydroxylation is 1. The van der Waals surface area contributed by atoms with E-state index in [-0.39, 0.29) is 12.3 Å². The monoisotopic (exact) mass is 250 g/mol. The summed E-state index contributed by atoms with van der Waals surface area (Å²) in [5, 5.41) is 8.51. The van der Waals surface area contributed by atoms with Gasteiger partial charge >= 0.3 is 5.97 Å². The molecule has 0 atom stereocenters. The van der Waals surface area contributed by atoms with Crippen molar-refractivity contribution in [2.24, 2.45) is 0 Å². The van der Waals surface area contributed by atoms with Crippen LogP contribution in [0.1, 0.15) is 24.8 Å². The molecular weight excluding hydrogens is 232 g/mol. The first kappa shape index (κ1) is 14.2. The van der Waals surface area contributed by atoms with Gasteiger partial charge in [-0.15, -0.1) is 0 Å². The van der Waals surface area contributed by atoms with Crippen LogP contribution in [0.25, 0.3) is 0 Å². The molecule has 0 radical (unpaired) electrons. The number of rotatable bonds is 7. The molecule has 1 aromatic heterocycles. The van der Waals surface area contributed by atoms with Gasteiger partial charge in [0, 0.05) is 38.8 Å². The third-order valence-corrected chi connectivity index (χ3v) is 2.69. The Hall–Kier alpha value is -1.91. The van der Waals surface area contributed by atoms with Gasteiger partial charge in [0.2, 0.25) is 5.91 Å². The zero-order valence-electron chi connectivity index (χ0n) is 10.5. The lowest BCUT2D eigenvalue weighted by molar-refractivity contribution is -0.138. The molecule has 0 fully saturated rings. The second kappa shape index (κ2) is 7.42. The van der Waals surface area contributed by atoms with Crippen LogP contribution >= 0.6 is 0 Å². The molecule has 1 amide bonds. The van der Waals surface area contributed by atoms with Crippen molar-refractivity contribution >= 4 is 11.9 Å². The summed E-state index contributed by atoms with van der Waals surface area (Å²) in [5.74, 6) is -0.787. The van der Waals surface area contributed by atoms with E-state index in [0.717, 1.165) is 5.56 Å². The first-order valence-electron chi connectivity index (χ1n) is 5.94. The third kappa shape index (κ3) is 5.43. The normalized spacial score (nSPS) is 10.1. The van der Waals surface area contributed by atoms with Gasteiger partial charge < -0.3 is 10.0 Å². The number of nitrogens with zero attached hydrogens (tertiary/aromatic N) is 2. The predicted molar refractivity (Wildman–Crippen MR) is 67.1 cm³/mol. The fourth-order valence-electron chi connectivity index (χ4n) is 1.58. The van der Waals surface area contributed by atoms with E-state index in [9.17, 15) is 9.59 Å². The molecular formula is C13H18N2O3. The SMILES string of the molecule is CN(CCCC(=O)O)C(=O)CCc1ccncc1. The average molecular weight is 250 g/mol. The molecule has 5 nitrogen and oxygen atoms in total. The Kier molecular flexibility index (Phi) is 5.84. The summed E-state index contributed by atoms with van der Waals surface area (Å²) in [5.41, 5.74) is 1.08. The molecule has 1 heterocycles. The first-order chi connectivity index (χ1) is 8.59. The van der Waals surface area contributed by atoms with E-state index in [0.29, 0.717) is 25.8 Å². The highest BCUT2D eigenvalue weighted by Crippen LogP contribution is 2.03. The fraction of sp³-hybridized carbons (Fsp3) is 0.462. The Labute approximate surface area is 106 Å². The highest BCUT2D eigenvalue weighted by atomic mass is 16.4. The van der Waals surface area contributed by atoms with Crippen LogP contribution < -0.4 is 0 Å². The van der Waals surface area contributed by atoms with E-state index in [1.54, 1.807) is 24.3 Å². The summed E-state index contributed by atoms with van der Waals surface area (Å²) in [6.07, 6.45) is 5.12. The number of aromatic nitrogens is 1. The summed E-state index contributed by atoms with van der Waals surface area (Å²) in [6, 6.07) is 3.77. The lowest BCUT2D eigenvalue weighted by Gasteiger charge is -2.16. The van der Waals surface area contributed by atoms with Gasteiger partial charge in [0.05, 0.1) is 0 Å². The fourth-order valence-corrected chi connectivity index (χ4v) is 1.58. The predicted octanol–water partition coefficient (Wildman–Crippen LogP) is 1.34. The minimum Gasteiger partial charge on any atom is -0.481 e. The molecule has 0 saturated carbocycles. The third-order valence-electron chi connectivity index (χ3n) is 2.69. The summed E-state index contributed by atoms with van der Waals surface area (Å²) in [6.45, 7) is 0.488. The van der Waals surface area contributed by atoms with Gasteiger partial charge in [-0.05, 0) is 30.5 Å². The number of carbonyl (C=O) groups excluding carboxylic acids is 1. The number of hydrogen-bond donors (Lipinski definition) is 1. The van der Waals surface area contributed by atoms with Crippen molar-refractivity contribution in [3.05, 3.63) is 30.1 Å². The zero-order valence-corrected chi connectivity index (χ0v) is 10.5. The number of amides is 1. The van der Waals surface area contributed by atoms with Crippen LogP contribution in [0, 0.1) is 0 Å².